The van der Waals surface area contributed by atoms with Crippen LogP contribution < -0.4 is 5.32 Å². The highest BCUT2D eigenvalue weighted by Gasteiger charge is 2.45. The van der Waals surface area contributed by atoms with Crippen LogP contribution in [-0.4, -0.2) is 13.1 Å². The summed E-state index contributed by atoms with van der Waals surface area (Å²) in [5.41, 5.74) is 3.47. The first-order chi connectivity index (χ1) is 9.30. The van der Waals surface area contributed by atoms with E-state index in [-0.39, 0.29) is 0 Å². The molecule has 0 aliphatic rings. The Morgan fingerprint density at radius 3 is 1.95 bits per heavy atom. The van der Waals surface area contributed by atoms with E-state index >= 15 is 0 Å². The van der Waals surface area contributed by atoms with Crippen LogP contribution in [0.15, 0.2) is 28.7 Å². The van der Waals surface area contributed by atoms with E-state index < -0.39 is 8.07 Å². The molecule has 0 saturated carbocycles. The third-order valence-corrected chi connectivity index (χ3v) is 12.3. The van der Waals surface area contributed by atoms with Gasteiger partial charge in [0.1, 0.15) is 8.07 Å². The fourth-order valence-corrected chi connectivity index (χ4v) is 11.3. The van der Waals surface area contributed by atoms with Gasteiger partial charge in [-0.3, -0.25) is 0 Å². The van der Waals surface area contributed by atoms with Gasteiger partial charge >= 0.3 is 0 Å². The van der Waals surface area contributed by atoms with Crippen LogP contribution in [0.3, 0.4) is 0 Å². The number of benzene rings is 1. The molecule has 0 radical (unpaired) electrons. The maximum atomic E-state index is 3.75. The fourth-order valence-electron chi connectivity index (χ4n) is 4.27. The lowest BCUT2D eigenvalue weighted by Gasteiger charge is -2.42. The second-order valence-electron chi connectivity index (χ2n) is 6.81. The molecule has 1 aromatic carbocycles. The number of fused-ring (bicyclic) bond motifs is 1. The van der Waals surface area contributed by atoms with Crippen LogP contribution in [0.25, 0.3) is 10.9 Å². The van der Waals surface area contributed by atoms with Gasteiger partial charge < -0.3 is 4.98 Å². The summed E-state index contributed by atoms with van der Waals surface area (Å²) in [6.07, 6.45) is 0. The van der Waals surface area contributed by atoms with Crippen molar-refractivity contribution in [2.75, 3.05) is 0 Å². The lowest BCUT2D eigenvalue weighted by atomic mass is 10.3. The first-order valence-corrected chi connectivity index (χ1v) is 10.6. The van der Waals surface area contributed by atoms with Gasteiger partial charge in [0.05, 0.1) is 0 Å². The van der Waals surface area contributed by atoms with Crippen molar-refractivity contribution in [1.29, 1.82) is 0 Å². The van der Waals surface area contributed by atoms with Gasteiger partial charge in [0.15, 0.2) is 0 Å². The Bertz CT molecular complexity index is 576. The third-order valence-electron chi connectivity index (χ3n) is 4.92. The highest BCUT2D eigenvalue weighted by molar-refractivity contribution is 9.10. The topological polar surface area (TPSA) is 15.8 Å². The smallest absolute Gasteiger partial charge is 0.115 e. The molecule has 2 aromatic rings. The largest absolute Gasteiger partial charge is 0.362 e. The molecule has 0 atom stereocenters. The van der Waals surface area contributed by atoms with Gasteiger partial charge in [-0.25, -0.2) is 0 Å². The summed E-state index contributed by atoms with van der Waals surface area (Å²) >= 11 is 3.58. The Labute approximate surface area is 132 Å². The van der Waals surface area contributed by atoms with E-state index in [9.17, 15) is 0 Å². The summed E-state index contributed by atoms with van der Waals surface area (Å²) in [6.45, 7) is 14.5. The molecular weight excluding hydrogens is 326 g/mol. The van der Waals surface area contributed by atoms with Crippen LogP contribution in [0.4, 0.5) is 0 Å². The molecule has 0 aliphatic carbocycles. The van der Waals surface area contributed by atoms with Gasteiger partial charge in [0.2, 0.25) is 0 Å². The van der Waals surface area contributed by atoms with Crippen molar-refractivity contribution < 1.29 is 0 Å². The summed E-state index contributed by atoms with van der Waals surface area (Å²) in [5.74, 6) is 0. The Morgan fingerprint density at radius 1 is 0.900 bits per heavy atom. The van der Waals surface area contributed by atoms with Crippen LogP contribution in [-0.2, 0) is 0 Å². The molecule has 2 rings (SSSR count). The van der Waals surface area contributed by atoms with Gasteiger partial charge in [-0.1, -0.05) is 57.5 Å². The van der Waals surface area contributed by atoms with Crippen molar-refractivity contribution in [2.24, 2.45) is 0 Å². The first kappa shape index (κ1) is 15.8. The molecule has 0 unspecified atom stereocenters. The predicted molar refractivity (Wildman–Crippen MR) is 96.7 cm³/mol. The molecule has 20 heavy (non-hydrogen) atoms. The van der Waals surface area contributed by atoms with Crippen molar-refractivity contribution in [3.05, 3.63) is 28.7 Å². The zero-order valence-corrected chi connectivity index (χ0v) is 16.0. The minimum Gasteiger partial charge on any atom is -0.362 e. The molecule has 1 aromatic heterocycles. The van der Waals surface area contributed by atoms with Crippen LogP contribution in [0.2, 0.25) is 16.6 Å². The van der Waals surface area contributed by atoms with E-state index in [1.165, 1.54) is 16.2 Å². The number of hydrogen-bond donors (Lipinski definition) is 1. The molecule has 0 fully saturated rings. The molecule has 1 N–H and O–H groups in total. The average molecular weight is 352 g/mol. The van der Waals surface area contributed by atoms with E-state index in [1.807, 2.05) is 0 Å². The number of aromatic nitrogens is 1. The zero-order chi connectivity index (χ0) is 15.1. The number of halogens is 1. The van der Waals surface area contributed by atoms with Crippen LogP contribution in [0, 0.1) is 0 Å². The molecule has 0 aliphatic heterocycles. The molecule has 0 amide bonds. The van der Waals surface area contributed by atoms with Crippen molar-refractivity contribution in [1.82, 2.24) is 4.98 Å². The zero-order valence-electron chi connectivity index (χ0n) is 13.4. The maximum Gasteiger partial charge on any atom is 0.115 e. The Hall–Kier alpha value is -0.543. The number of aromatic amines is 1. The highest BCUT2D eigenvalue weighted by Crippen LogP contribution is 2.41. The summed E-state index contributed by atoms with van der Waals surface area (Å²) in [7, 11) is -1.58. The third kappa shape index (κ3) is 2.39. The number of nitrogens with one attached hydrogen (secondary N) is 1. The van der Waals surface area contributed by atoms with E-state index in [2.05, 4.69) is 86.7 Å². The Balaban J connectivity index is 2.68. The molecule has 0 saturated heterocycles. The summed E-state index contributed by atoms with van der Waals surface area (Å²) < 4.78 is 1.15. The Morgan fingerprint density at radius 2 is 1.45 bits per heavy atom. The van der Waals surface area contributed by atoms with E-state index in [1.54, 1.807) is 0 Å². The normalized spacial score (nSPS) is 13.1. The lowest BCUT2D eigenvalue weighted by Crippen LogP contribution is -2.56. The number of H-pyrrole nitrogens is 1. The molecule has 0 spiro atoms. The van der Waals surface area contributed by atoms with E-state index in [0.717, 1.165) is 21.1 Å². The second kappa shape index (κ2) is 5.68. The van der Waals surface area contributed by atoms with E-state index in [4.69, 9.17) is 0 Å². The van der Waals surface area contributed by atoms with Gasteiger partial charge in [-0.2, -0.15) is 0 Å². The van der Waals surface area contributed by atoms with Crippen molar-refractivity contribution in [3.63, 3.8) is 0 Å². The second-order valence-corrected chi connectivity index (χ2v) is 13.6. The quantitative estimate of drug-likeness (QED) is 0.668. The minimum absolute atomic E-state index is 0.735. The van der Waals surface area contributed by atoms with Gasteiger partial charge in [-0.15, -0.1) is 0 Å². The van der Waals surface area contributed by atoms with Gasteiger partial charge in [-0.05, 0) is 40.9 Å². The van der Waals surface area contributed by atoms with Crippen molar-refractivity contribution >= 4 is 40.2 Å². The molecule has 1 heterocycles. The number of hydrogen-bond acceptors (Lipinski definition) is 0. The van der Waals surface area contributed by atoms with Crippen LogP contribution in [0.5, 0.6) is 0 Å². The molecule has 1 nitrogen and oxygen atoms in total. The van der Waals surface area contributed by atoms with Crippen molar-refractivity contribution in [2.45, 2.75) is 58.2 Å². The molecule has 3 heteroatoms. The molecule has 110 valence electrons. The highest BCUT2D eigenvalue weighted by atomic mass is 79.9. The molecule has 0 bridgehead atoms. The van der Waals surface area contributed by atoms with Crippen LogP contribution >= 0.6 is 15.9 Å². The van der Waals surface area contributed by atoms with E-state index in [0.29, 0.717) is 0 Å². The van der Waals surface area contributed by atoms with Crippen LogP contribution in [0.1, 0.15) is 41.5 Å². The average Bonchev–Trinajstić information content (AvgIpc) is 2.70. The monoisotopic (exact) mass is 351 g/mol. The standard InChI is InChI=1S/C17H26BrNSi/c1-11(2)20(12(3)4,13(5)6)17-10-14-9-15(18)7-8-16(14)19-17/h7-13,19H,1-6H3. The minimum atomic E-state index is -1.58. The van der Waals surface area contributed by atoms with Gasteiger partial charge in [0.25, 0.3) is 0 Å². The lowest BCUT2D eigenvalue weighted by molar-refractivity contribution is 0.832. The van der Waals surface area contributed by atoms with Gasteiger partial charge in [0, 0.05) is 20.7 Å². The maximum absolute atomic E-state index is 3.75. The van der Waals surface area contributed by atoms with Crippen molar-refractivity contribution in [3.8, 4) is 0 Å². The SMILES string of the molecule is CC(C)[Si](c1cc2cc(Br)ccc2[nH]1)(C(C)C)C(C)C. The summed E-state index contributed by atoms with van der Waals surface area (Å²) in [4.78, 5) is 3.75. The molecular formula is C17H26BrNSi. The first-order valence-electron chi connectivity index (χ1n) is 7.58. The number of rotatable bonds is 4. The Kier molecular flexibility index (Phi) is 4.50. The summed E-state index contributed by atoms with van der Waals surface area (Å²) in [6, 6.07) is 8.93. The predicted octanol–water partition coefficient (Wildman–Crippen LogP) is 5.82. The summed E-state index contributed by atoms with van der Waals surface area (Å²) in [5, 5.41) is 2.85. The fraction of sp³-hybridized carbons (Fsp3) is 0.529.